The van der Waals surface area contributed by atoms with E-state index in [-0.39, 0.29) is 35.8 Å². The molecule has 0 unspecified atom stereocenters. The Bertz CT molecular complexity index is 1590. The molecule has 0 saturated carbocycles. The van der Waals surface area contributed by atoms with Gasteiger partial charge in [0.05, 0.1) is 18.3 Å². The molecule has 3 aromatic rings. The number of aliphatic imine (C=N–C) groups is 1. The quantitative estimate of drug-likeness (QED) is 0.305. The molecule has 1 N–H and O–H groups in total. The van der Waals surface area contributed by atoms with Crippen molar-refractivity contribution in [1.82, 2.24) is 19.8 Å². The first kappa shape index (κ1) is 31.3. The van der Waals surface area contributed by atoms with Crippen LogP contribution in [-0.4, -0.2) is 57.9 Å². The van der Waals surface area contributed by atoms with Crippen LogP contribution in [0, 0.1) is 5.92 Å². The van der Waals surface area contributed by atoms with Gasteiger partial charge in [-0.25, -0.2) is 0 Å². The van der Waals surface area contributed by atoms with Crippen molar-refractivity contribution in [2.45, 2.75) is 58.5 Å². The number of amides is 2. The highest BCUT2D eigenvalue weighted by molar-refractivity contribution is 5.97. The molecule has 0 aliphatic carbocycles. The van der Waals surface area contributed by atoms with Crippen LogP contribution >= 0.6 is 0 Å². The summed E-state index contributed by atoms with van der Waals surface area (Å²) in [6.07, 6.45) is 8.47. The number of carbonyl (C=O) groups is 3. The zero-order valence-electron chi connectivity index (χ0n) is 25.2. The number of ketones is 1. The van der Waals surface area contributed by atoms with Crippen LogP contribution in [0.4, 0.5) is 5.69 Å². The minimum absolute atomic E-state index is 0.140. The SMILES string of the molecule is CC(C)Cc1cccc2c1N=C(Cn1cccc(CC(=O)[C@H](CC/C=C/C(=O)N(C)C)NC(=O)c3ccccn3)c1=O)C2. The van der Waals surface area contributed by atoms with E-state index in [1.165, 1.54) is 28.3 Å². The number of nitrogens with zero attached hydrogens (tertiary/aromatic N) is 4. The number of likely N-dealkylation sites (N-methyl/N-ethyl adjacent to an activating group) is 1. The third kappa shape index (κ3) is 8.44. The fraction of sp³-hybridized carbons (Fsp3) is 0.353. The summed E-state index contributed by atoms with van der Waals surface area (Å²) in [6, 6.07) is 13.8. The third-order valence-electron chi connectivity index (χ3n) is 7.23. The Morgan fingerprint density at radius 2 is 1.84 bits per heavy atom. The van der Waals surface area contributed by atoms with Gasteiger partial charge in [-0.15, -0.1) is 0 Å². The van der Waals surface area contributed by atoms with E-state index < -0.39 is 11.9 Å². The molecular weight excluding hydrogens is 542 g/mol. The van der Waals surface area contributed by atoms with Crippen LogP contribution < -0.4 is 10.9 Å². The van der Waals surface area contributed by atoms with E-state index in [9.17, 15) is 19.2 Å². The Balaban J connectivity index is 1.49. The van der Waals surface area contributed by atoms with Gasteiger partial charge in [0.2, 0.25) is 5.91 Å². The molecular formula is C34H39N5O4. The highest BCUT2D eigenvalue weighted by Crippen LogP contribution is 2.32. The molecule has 1 aliphatic heterocycles. The number of benzene rings is 1. The predicted octanol–water partition coefficient (Wildman–Crippen LogP) is 4.11. The highest BCUT2D eigenvalue weighted by Gasteiger charge is 2.24. The molecule has 2 aromatic heterocycles. The molecule has 2 amide bonds. The normalized spacial score (nSPS) is 13.1. The number of nitrogens with one attached hydrogen (secondary N) is 1. The molecule has 43 heavy (non-hydrogen) atoms. The van der Waals surface area contributed by atoms with Gasteiger partial charge in [-0.3, -0.25) is 29.2 Å². The topological polar surface area (TPSA) is 114 Å². The zero-order chi connectivity index (χ0) is 30.9. The summed E-state index contributed by atoms with van der Waals surface area (Å²) >= 11 is 0. The van der Waals surface area contributed by atoms with Crippen LogP contribution in [0.1, 0.15) is 53.9 Å². The Hall–Kier alpha value is -4.66. The van der Waals surface area contributed by atoms with Crippen LogP contribution in [0.3, 0.4) is 0 Å². The fourth-order valence-corrected chi connectivity index (χ4v) is 5.04. The van der Waals surface area contributed by atoms with E-state index in [4.69, 9.17) is 4.99 Å². The number of Topliss-reactive ketones (excluding diaryl/α,β-unsaturated/α-hetero) is 1. The van der Waals surface area contributed by atoms with Crippen molar-refractivity contribution in [2.24, 2.45) is 10.9 Å². The average molecular weight is 582 g/mol. The van der Waals surface area contributed by atoms with E-state index in [0.717, 1.165) is 17.8 Å². The van der Waals surface area contributed by atoms with Crippen LogP contribution in [0.25, 0.3) is 0 Å². The number of hydrogen-bond donors (Lipinski definition) is 1. The summed E-state index contributed by atoms with van der Waals surface area (Å²) in [5.74, 6) is -0.433. The molecule has 3 heterocycles. The molecule has 0 bridgehead atoms. The molecule has 0 radical (unpaired) electrons. The maximum Gasteiger partial charge on any atom is 0.270 e. The standard InChI is InChI=1S/C34H39N5O4/c1-23(2)19-24-11-9-12-25-20-27(36-32(24)25)22-39-18-10-13-26(34(39)43)21-30(40)28(14-5-6-16-31(41)38(3)4)37-33(42)29-15-7-8-17-35-29/h6-13,15-18,23,28H,5,14,19-22H2,1-4H3,(H,37,42)/b16-6+/t28-/m0/s1. The lowest BCUT2D eigenvalue weighted by atomic mass is 9.98. The van der Waals surface area contributed by atoms with Crippen molar-refractivity contribution in [3.63, 3.8) is 0 Å². The molecule has 9 heteroatoms. The predicted molar refractivity (Wildman–Crippen MR) is 168 cm³/mol. The van der Waals surface area contributed by atoms with Gasteiger partial charge in [-0.05, 0) is 60.6 Å². The number of para-hydroxylation sites is 1. The molecule has 9 nitrogen and oxygen atoms in total. The Morgan fingerprint density at radius 1 is 1.05 bits per heavy atom. The monoisotopic (exact) mass is 581 g/mol. The van der Waals surface area contributed by atoms with Gasteiger partial charge in [-0.1, -0.05) is 50.3 Å². The second-order valence-corrected chi connectivity index (χ2v) is 11.4. The van der Waals surface area contributed by atoms with Crippen molar-refractivity contribution in [1.29, 1.82) is 0 Å². The number of rotatable bonds is 13. The van der Waals surface area contributed by atoms with Gasteiger partial charge in [0.25, 0.3) is 11.5 Å². The van der Waals surface area contributed by atoms with E-state index >= 15 is 0 Å². The van der Waals surface area contributed by atoms with Gasteiger partial charge in [0.15, 0.2) is 5.78 Å². The zero-order valence-corrected chi connectivity index (χ0v) is 25.2. The summed E-state index contributed by atoms with van der Waals surface area (Å²) in [5.41, 5.74) is 4.57. The first-order chi connectivity index (χ1) is 20.6. The molecule has 4 rings (SSSR count). The maximum atomic E-state index is 13.5. The minimum atomic E-state index is -0.866. The lowest BCUT2D eigenvalue weighted by Gasteiger charge is -2.17. The van der Waals surface area contributed by atoms with Crippen LogP contribution in [0.5, 0.6) is 0 Å². The van der Waals surface area contributed by atoms with Gasteiger partial charge in [-0.2, -0.15) is 0 Å². The summed E-state index contributed by atoms with van der Waals surface area (Å²) in [6.45, 7) is 4.70. The number of fused-ring (bicyclic) bond motifs is 1. The summed E-state index contributed by atoms with van der Waals surface area (Å²) in [5, 5.41) is 2.78. The fourth-order valence-electron chi connectivity index (χ4n) is 5.04. The smallest absolute Gasteiger partial charge is 0.270 e. The number of carbonyl (C=O) groups excluding carboxylic acids is 3. The van der Waals surface area contributed by atoms with Gasteiger partial charge >= 0.3 is 0 Å². The molecule has 0 fully saturated rings. The molecule has 0 saturated heterocycles. The minimum Gasteiger partial charge on any atom is -0.345 e. The Kier molecular flexibility index (Phi) is 10.5. The average Bonchev–Trinajstić information content (AvgIpc) is 3.40. The molecule has 224 valence electrons. The highest BCUT2D eigenvalue weighted by atomic mass is 16.2. The maximum absolute atomic E-state index is 13.5. The van der Waals surface area contributed by atoms with Crippen molar-refractivity contribution in [3.05, 3.63) is 106 Å². The number of allylic oxidation sites excluding steroid dienone is 1. The van der Waals surface area contributed by atoms with Crippen LogP contribution in [0.15, 0.2) is 82.9 Å². The largest absolute Gasteiger partial charge is 0.345 e. The molecule has 1 aliphatic rings. The molecule has 1 aromatic carbocycles. The summed E-state index contributed by atoms with van der Waals surface area (Å²) in [7, 11) is 3.31. The second-order valence-electron chi connectivity index (χ2n) is 11.4. The van der Waals surface area contributed by atoms with E-state index in [1.807, 2.05) is 0 Å². The van der Waals surface area contributed by atoms with Gasteiger partial charge in [0, 0.05) is 50.6 Å². The number of hydrogen-bond acceptors (Lipinski definition) is 6. The lowest BCUT2D eigenvalue weighted by Crippen LogP contribution is -2.42. The number of pyridine rings is 2. The molecule has 1 atom stereocenters. The summed E-state index contributed by atoms with van der Waals surface area (Å²) < 4.78 is 1.59. The third-order valence-corrected chi connectivity index (χ3v) is 7.23. The van der Waals surface area contributed by atoms with Crippen molar-refractivity contribution in [2.75, 3.05) is 14.1 Å². The first-order valence-corrected chi connectivity index (χ1v) is 14.6. The van der Waals surface area contributed by atoms with Crippen LogP contribution in [0.2, 0.25) is 0 Å². The summed E-state index contributed by atoms with van der Waals surface area (Å²) in [4.78, 5) is 62.1. The van der Waals surface area contributed by atoms with Gasteiger partial charge < -0.3 is 14.8 Å². The van der Waals surface area contributed by atoms with Crippen LogP contribution in [-0.2, 0) is 35.4 Å². The van der Waals surface area contributed by atoms with Gasteiger partial charge in [0.1, 0.15) is 5.69 Å². The Morgan fingerprint density at radius 3 is 2.56 bits per heavy atom. The van der Waals surface area contributed by atoms with E-state index in [0.29, 0.717) is 30.9 Å². The van der Waals surface area contributed by atoms with E-state index in [1.54, 1.807) is 61.3 Å². The number of aromatic nitrogens is 2. The van der Waals surface area contributed by atoms with Crippen molar-refractivity contribution in [3.8, 4) is 0 Å². The first-order valence-electron chi connectivity index (χ1n) is 14.6. The van der Waals surface area contributed by atoms with Crippen molar-refractivity contribution < 1.29 is 14.4 Å². The Labute approximate surface area is 252 Å². The lowest BCUT2D eigenvalue weighted by molar-refractivity contribution is -0.123. The molecule has 0 spiro atoms. The van der Waals surface area contributed by atoms with Crippen molar-refractivity contribution >= 4 is 29.0 Å². The van der Waals surface area contributed by atoms with E-state index in [2.05, 4.69) is 42.3 Å². The second kappa shape index (κ2) is 14.5.